The van der Waals surface area contributed by atoms with Crippen LogP contribution in [-0.4, -0.2) is 18.8 Å². The number of anilines is 1. The zero-order valence-electron chi connectivity index (χ0n) is 10.8. The van der Waals surface area contributed by atoms with Crippen LogP contribution in [0.15, 0.2) is 23.1 Å². The summed E-state index contributed by atoms with van der Waals surface area (Å²) in [6.07, 6.45) is 6.00. The van der Waals surface area contributed by atoms with Crippen molar-refractivity contribution in [3.63, 3.8) is 0 Å². The summed E-state index contributed by atoms with van der Waals surface area (Å²) >= 11 is 1.80. The van der Waals surface area contributed by atoms with Gasteiger partial charge in [-0.15, -0.1) is 11.8 Å². The van der Waals surface area contributed by atoms with E-state index in [2.05, 4.69) is 36.3 Å². The van der Waals surface area contributed by atoms with Crippen LogP contribution in [0, 0.1) is 0 Å². The van der Waals surface area contributed by atoms with E-state index in [0.717, 1.165) is 12.6 Å². The Hall–Kier alpha value is -0.670. The number of rotatable bonds is 6. The smallest absolute Gasteiger partial charge is 0.0425 e. The zero-order chi connectivity index (χ0) is 12.3. The van der Waals surface area contributed by atoms with Gasteiger partial charge in [-0.25, -0.2) is 0 Å². The molecule has 1 aliphatic rings. The summed E-state index contributed by atoms with van der Waals surface area (Å²) in [5, 5.41) is 0. The molecule has 1 aromatic carbocycles. The third-order valence-corrected chi connectivity index (χ3v) is 4.12. The van der Waals surface area contributed by atoms with Gasteiger partial charge in [-0.3, -0.25) is 0 Å². The Bertz CT molecular complexity index is 374. The summed E-state index contributed by atoms with van der Waals surface area (Å²) in [4.78, 5) is 3.88. The molecule has 0 saturated heterocycles. The van der Waals surface area contributed by atoms with Crippen LogP contribution in [0.4, 0.5) is 5.69 Å². The first kappa shape index (κ1) is 12.8. The van der Waals surface area contributed by atoms with Crippen molar-refractivity contribution >= 4 is 17.4 Å². The fraction of sp³-hybridized carbons (Fsp3) is 0.571. The molecule has 17 heavy (non-hydrogen) atoms. The molecule has 2 nitrogen and oxygen atoms in total. The molecule has 0 radical (unpaired) electrons. The molecule has 0 heterocycles. The van der Waals surface area contributed by atoms with E-state index < -0.39 is 0 Å². The molecule has 0 bridgehead atoms. The molecule has 0 amide bonds. The molecule has 1 aromatic rings. The SMILES string of the molecule is CCCN(c1cccc(SC)c1CN)C1CC1. The van der Waals surface area contributed by atoms with E-state index in [1.54, 1.807) is 11.8 Å². The molecule has 0 unspecified atom stereocenters. The van der Waals surface area contributed by atoms with Crippen LogP contribution >= 0.6 is 11.8 Å². The van der Waals surface area contributed by atoms with Gasteiger partial charge in [0.2, 0.25) is 0 Å². The molecular weight excluding hydrogens is 228 g/mol. The van der Waals surface area contributed by atoms with Crippen molar-refractivity contribution in [3.8, 4) is 0 Å². The molecule has 0 atom stereocenters. The minimum atomic E-state index is 0.638. The average Bonchev–Trinajstić information content (AvgIpc) is 3.19. The third kappa shape index (κ3) is 2.78. The number of hydrogen-bond donors (Lipinski definition) is 1. The van der Waals surface area contributed by atoms with Crippen molar-refractivity contribution < 1.29 is 0 Å². The molecule has 1 saturated carbocycles. The maximum atomic E-state index is 5.94. The first-order valence-electron chi connectivity index (χ1n) is 6.44. The van der Waals surface area contributed by atoms with Crippen molar-refractivity contribution in [2.45, 2.75) is 43.7 Å². The lowest BCUT2D eigenvalue weighted by Gasteiger charge is -2.27. The van der Waals surface area contributed by atoms with Gasteiger partial charge in [-0.2, -0.15) is 0 Å². The summed E-state index contributed by atoms with van der Waals surface area (Å²) in [7, 11) is 0. The van der Waals surface area contributed by atoms with Gasteiger partial charge in [0, 0.05) is 35.3 Å². The van der Waals surface area contributed by atoms with Gasteiger partial charge >= 0.3 is 0 Å². The average molecular weight is 250 g/mol. The first-order chi connectivity index (χ1) is 8.31. The summed E-state index contributed by atoms with van der Waals surface area (Å²) < 4.78 is 0. The highest BCUT2D eigenvalue weighted by molar-refractivity contribution is 7.98. The Morgan fingerprint density at radius 2 is 2.18 bits per heavy atom. The highest BCUT2D eigenvalue weighted by Gasteiger charge is 2.29. The van der Waals surface area contributed by atoms with Crippen molar-refractivity contribution in [1.82, 2.24) is 0 Å². The van der Waals surface area contributed by atoms with E-state index in [1.165, 1.54) is 35.4 Å². The minimum Gasteiger partial charge on any atom is -0.368 e. The van der Waals surface area contributed by atoms with Gasteiger partial charge in [0.25, 0.3) is 0 Å². The number of thioether (sulfide) groups is 1. The second-order valence-electron chi connectivity index (χ2n) is 4.59. The molecule has 1 aliphatic carbocycles. The third-order valence-electron chi connectivity index (χ3n) is 3.29. The zero-order valence-corrected chi connectivity index (χ0v) is 11.6. The lowest BCUT2D eigenvalue weighted by molar-refractivity contribution is 0.754. The molecule has 3 heteroatoms. The summed E-state index contributed by atoms with van der Waals surface area (Å²) in [5.41, 5.74) is 8.63. The number of hydrogen-bond acceptors (Lipinski definition) is 3. The standard InChI is InChI=1S/C14H22N2S/c1-3-9-16(11-7-8-11)13-5-4-6-14(17-2)12(13)10-15/h4-6,11H,3,7-10,15H2,1-2H3. The second kappa shape index (κ2) is 5.78. The Labute approximate surface area is 109 Å². The van der Waals surface area contributed by atoms with Crippen LogP contribution < -0.4 is 10.6 Å². The molecule has 1 fully saturated rings. The van der Waals surface area contributed by atoms with E-state index in [0.29, 0.717) is 6.54 Å². The fourth-order valence-corrected chi connectivity index (χ4v) is 3.00. The molecule has 0 aromatic heterocycles. The summed E-state index contributed by atoms with van der Waals surface area (Å²) in [5.74, 6) is 0. The van der Waals surface area contributed by atoms with Crippen LogP contribution in [0.5, 0.6) is 0 Å². The quantitative estimate of drug-likeness (QED) is 0.786. The Morgan fingerprint density at radius 3 is 2.71 bits per heavy atom. The van der Waals surface area contributed by atoms with Crippen molar-refractivity contribution in [1.29, 1.82) is 0 Å². The second-order valence-corrected chi connectivity index (χ2v) is 5.43. The Kier molecular flexibility index (Phi) is 4.35. The lowest BCUT2D eigenvalue weighted by Crippen LogP contribution is -2.28. The van der Waals surface area contributed by atoms with E-state index in [1.807, 2.05) is 0 Å². The molecular formula is C14H22N2S. The Morgan fingerprint density at radius 1 is 1.41 bits per heavy atom. The molecule has 0 spiro atoms. The van der Waals surface area contributed by atoms with Gasteiger partial charge in [0.15, 0.2) is 0 Å². The van der Waals surface area contributed by atoms with Crippen LogP contribution in [0.2, 0.25) is 0 Å². The Balaban J connectivity index is 2.34. The maximum Gasteiger partial charge on any atom is 0.0425 e. The topological polar surface area (TPSA) is 29.3 Å². The van der Waals surface area contributed by atoms with Gasteiger partial charge in [-0.05, 0) is 37.7 Å². The highest BCUT2D eigenvalue weighted by atomic mass is 32.2. The normalized spacial score (nSPS) is 15.0. The number of nitrogens with zero attached hydrogens (tertiary/aromatic N) is 1. The van der Waals surface area contributed by atoms with Crippen molar-refractivity contribution in [2.75, 3.05) is 17.7 Å². The van der Waals surface area contributed by atoms with Crippen molar-refractivity contribution in [2.24, 2.45) is 5.73 Å². The predicted octanol–water partition coefficient (Wildman–Crippen LogP) is 3.25. The van der Waals surface area contributed by atoms with Crippen molar-refractivity contribution in [3.05, 3.63) is 23.8 Å². The fourth-order valence-electron chi connectivity index (χ4n) is 2.35. The number of benzene rings is 1. The van der Waals surface area contributed by atoms with E-state index >= 15 is 0 Å². The van der Waals surface area contributed by atoms with Gasteiger partial charge < -0.3 is 10.6 Å². The van der Waals surface area contributed by atoms with Crippen LogP contribution in [0.1, 0.15) is 31.7 Å². The van der Waals surface area contributed by atoms with Gasteiger partial charge in [0.05, 0.1) is 0 Å². The lowest BCUT2D eigenvalue weighted by atomic mass is 10.1. The van der Waals surface area contributed by atoms with Crippen LogP contribution in [-0.2, 0) is 6.54 Å². The van der Waals surface area contributed by atoms with E-state index in [-0.39, 0.29) is 0 Å². The van der Waals surface area contributed by atoms with Crippen LogP contribution in [0.25, 0.3) is 0 Å². The number of nitrogens with two attached hydrogens (primary N) is 1. The largest absolute Gasteiger partial charge is 0.368 e. The van der Waals surface area contributed by atoms with Gasteiger partial charge in [-0.1, -0.05) is 13.0 Å². The predicted molar refractivity (Wildman–Crippen MR) is 76.8 cm³/mol. The summed E-state index contributed by atoms with van der Waals surface area (Å²) in [6, 6.07) is 7.33. The molecule has 2 N–H and O–H groups in total. The van der Waals surface area contributed by atoms with Gasteiger partial charge in [0.1, 0.15) is 0 Å². The monoisotopic (exact) mass is 250 g/mol. The molecule has 0 aliphatic heterocycles. The highest BCUT2D eigenvalue weighted by Crippen LogP contribution is 2.36. The minimum absolute atomic E-state index is 0.638. The van der Waals surface area contributed by atoms with Crippen LogP contribution in [0.3, 0.4) is 0 Å². The summed E-state index contributed by atoms with van der Waals surface area (Å²) in [6.45, 7) is 4.03. The maximum absolute atomic E-state index is 5.94. The van der Waals surface area contributed by atoms with E-state index in [9.17, 15) is 0 Å². The molecule has 2 rings (SSSR count). The van der Waals surface area contributed by atoms with E-state index in [4.69, 9.17) is 5.73 Å². The first-order valence-corrected chi connectivity index (χ1v) is 7.66. The molecule has 94 valence electrons.